The number of para-hydroxylation sites is 2. The first-order valence-corrected chi connectivity index (χ1v) is 15.2. The number of nitrogens with zero attached hydrogens (tertiary/aromatic N) is 4. The lowest BCUT2D eigenvalue weighted by atomic mass is 9.95. The van der Waals surface area contributed by atoms with Crippen molar-refractivity contribution in [3.63, 3.8) is 0 Å². The molecule has 0 saturated carbocycles. The lowest BCUT2D eigenvalue weighted by molar-refractivity contribution is 1.15. The molecule has 212 valence electrons. The van der Waals surface area contributed by atoms with Crippen LogP contribution >= 0.6 is 0 Å². The van der Waals surface area contributed by atoms with E-state index in [9.17, 15) is 10.5 Å². The zero-order valence-corrected chi connectivity index (χ0v) is 24.6. The number of nitriles is 2. The smallest absolute Gasteiger partial charge is 0.0998 e. The Balaban J connectivity index is 1.39. The van der Waals surface area contributed by atoms with E-state index in [0.717, 1.165) is 39.0 Å². The fourth-order valence-corrected chi connectivity index (χ4v) is 7.18. The van der Waals surface area contributed by atoms with E-state index in [1.54, 1.807) is 18.2 Å². The summed E-state index contributed by atoms with van der Waals surface area (Å²) in [6.07, 6.45) is 0. The summed E-state index contributed by atoms with van der Waals surface area (Å²) in [5, 5.41) is 26.8. The van der Waals surface area contributed by atoms with Crippen LogP contribution < -0.4 is 0 Å². The summed E-state index contributed by atoms with van der Waals surface area (Å²) in [6.45, 7) is 0. The molecule has 9 aromatic rings. The average Bonchev–Trinajstić information content (AvgIpc) is 3.64. The summed E-state index contributed by atoms with van der Waals surface area (Å²) in [7, 11) is 0. The van der Waals surface area contributed by atoms with Gasteiger partial charge in [0.15, 0.2) is 0 Å². The van der Waals surface area contributed by atoms with Gasteiger partial charge in [0.25, 0.3) is 0 Å². The molecule has 46 heavy (non-hydrogen) atoms. The molecule has 0 aliphatic carbocycles. The molecule has 0 aliphatic rings. The molecule has 4 heteroatoms. The first-order valence-electron chi connectivity index (χ1n) is 15.2. The minimum Gasteiger partial charge on any atom is -0.307 e. The van der Waals surface area contributed by atoms with E-state index in [-0.39, 0.29) is 0 Å². The van der Waals surface area contributed by atoms with Gasteiger partial charge in [-0.25, -0.2) is 0 Å². The monoisotopic (exact) mass is 584 g/mol. The van der Waals surface area contributed by atoms with Gasteiger partial charge in [0, 0.05) is 38.5 Å². The van der Waals surface area contributed by atoms with E-state index < -0.39 is 0 Å². The molecule has 0 saturated heterocycles. The highest BCUT2D eigenvalue weighted by Gasteiger charge is 2.21. The Kier molecular flexibility index (Phi) is 5.59. The number of benzene rings is 7. The predicted molar refractivity (Wildman–Crippen MR) is 187 cm³/mol. The molecule has 9 rings (SSSR count). The van der Waals surface area contributed by atoms with Crippen molar-refractivity contribution in [3.05, 3.63) is 157 Å². The first kappa shape index (κ1) is 25.8. The molecule has 0 amide bonds. The molecule has 0 spiro atoms. The van der Waals surface area contributed by atoms with Crippen molar-refractivity contribution < 1.29 is 0 Å². The van der Waals surface area contributed by atoms with Gasteiger partial charge < -0.3 is 9.13 Å². The van der Waals surface area contributed by atoms with Crippen LogP contribution in [0.2, 0.25) is 0 Å². The summed E-state index contributed by atoms with van der Waals surface area (Å²) < 4.78 is 4.76. The second kappa shape index (κ2) is 9.96. The highest BCUT2D eigenvalue weighted by Crippen LogP contribution is 2.42. The zero-order valence-electron chi connectivity index (χ0n) is 24.6. The topological polar surface area (TPSA) is 57.4 Å². The van der Waals surface area contributed by atoms with Crippen LogP contribution in [0.15, 0.2) is 146 Å². The molecule has 0 N–H and O–H groups in total. The standard InChI is InChI=1S/C42H24N4/c43-25-30-10-7-11-31(26-44)40(30)28-17-19-32(20-18-28)45-38-14-5-3-12-34(38)36-22-23-37-35-13-4-6-15-39(35)46(42(37)41(36)45)33-21-16-27-8-1-2-9-29(27)24-33/h1-24H. The molecule has 4 nitrogen and oxygen atoms in total. The molecular weight excluding hydrogens is 560 g/mol. The van der Waals surface area contributed by atoms with Crippen molar-refractivity contribution in [3.8, 4) is 34.6 Å². The second-order valence-electron chi connectivity index (χ2n) is 11.6. The van der Waals surface area contributed by atoms with Gasteiger partial charge in [0.05, 0.1) is 45.3 Å². The SMILES string of the molecule is N#Cc1cccc(C#N)c1-c1ccc(-n2c3ccccc3c3ccc4c5ccccc5n(-c5ccc6ccccc6c5)c4c32)cc1. The molecular formula is C42H24N4. The van der Waals surface area contributed by atoms with Crippen LogP contribution in [0, 0.1) is 22.7 Å². The second-order valence-corrected chi connectivity index (χ2v) is 11.6. The first-order chi connectivity index (χ1) is 22.7. The molecule has 2 heterocycles. The van der Waals surface area contributed by atoms with Crippen molar-refractivity contribution in [2.75, 3.05) is 0 Å². The van der Waals surface area contributed by atoms with E-state index in [1.807, 2.05) is 12.1 Å². The van der Waals surface area contributed by atoms with E-state index in [4.69, 9.17) is 0 Å². The number of hydrogen-bond donors (Lipinski definition) is 0. The maximum absolute atomic E-state index is 9.81. The number of aromatic nitrogens is 2. The minimum atomic E-state index is 0.491. The Bertz CT molecular complexity index is 2730. The van der Waals surface area contributed by atoms with Gasteiger partial charge in [-0.2, -0.15) is 10.5 Å². The molecule has 2 aromatic heterocycles. The molecule has 0 radical (unpaired) electrons. The van der Waals surface area contributed by atoms with Crippen LogP contribution in [0.1, 0.15) is 11.1 Å². The van der Waals surface area contributed by atoms with Gasteiger partial charge in [0.2, 0.25) is 0 Å². The average molecular weight is 585 g/mol. The van der Waals surface area contributed by atoms with Gasteiger partial charge >= 0.3 is 0 Å². The highest BCUT2D eigenvalue weighted by molar-refractivity contribution is 6.23. The Labute approximate surface area is 264 Å². The Morgan fingerprint density at radius 2 is 0.935 bits per heavy atom. The minimum absolute atomic E-state index is 0.491. The van der Waals surface area contributed by atoms with Crippen molar-refractivity contribution in [1.82, 2.24) is 9.13 Å². The molecule has 0 bridgehead atoms. The van der Waals surface area contributed by atoms with Gasteiger partial charge in [-0.3, -0.25) is 0 Å². The van der Waals surface area contributed by atoms with E-state index in [1.165, 1.54) is 32.3 Å². The number of fused-ring (bicyclic) bond motifs is 8. The fraction of sp³-hybridized carbons (Fsp3) is 0. The van der Waals surface area contributed by atoms with Crippen LogP contribution in [-0.2, 0) is 0 Å². The maximum Gasteiger partial charge on any atom is 0.0998 e. The van der Waals surface area contributed by atoms with Crippen LogP contribution in [-0.4, -0.2) is 9.13 Å². The van der Waals surface area contributed by atoms with E-state index in [0.29, 0.717) is 16.7 Å². The normalized spacial score (nSPS) is 11.4. The van der Waals surface area contributed by atoms with Crippen LogP contribution in [0.4, 0.5) is 0 Å². The quantitative estimate of drug-likeness (QED) is 0.207. The lowest BCUT2D eigenvalue weighted by Crippen LogP contribution is -1.99. The largest absolute Gasteiger partial charge is 0.307 e. The molecule has 0 atom stereocenters. The summed E-state index contributed by atoms with van der Waals surface area (Å²) in [5.74, 6) is 0. The Morgan fingerprint density at radius 1 is 0.413 bits per heavy atom. The number of hydrogen-bond acceptors (Lipinski definition) is 2. The third kappa shape index (κ3) is 3.65. The fourth-order valence-electron chi connectivity index (χ4n) is 7.18. The van der Waals surface area contributed by atoms with Crippen molar-refractivity contribution in [2.24, 2.45) is 0 Å². The van der Waals surface area contributed by atoms with Crippen LogP contribution in [0.3, 0.4) is 0 Å². The molecule has 7 aromatic carbocycles. The summed E-state index contributed by atoms with van der Waals surface area (Å²) in [4.78, 5) is 0. The van der Waals surface area contributed by atoms with Gasteiger partial charge in [-0.05, 0) is 64.9 Å². The molecule has 0 unspecified atom stereocenters. The molecule has 0 fully saturated rings. The van der Waals surface area contributed by atoms with Gasteiger partial charge in [-0.15, -0.1) is 0 Å². The van der Waals surface area contributed by atoms with Gasteiger partial charge in [-0.1, -0.05) is 97.1 Å². The third-order valence-corrected chi connectivity index (χ3v) is 9.18. The molecule has 0 aliphatic heterocycles. The van der Waals surface area contributed by atoms with Crippen LogP contribution in [0.5, 0.6) is 0 Å². The Hall–Kier alpha value is -6.62. The third-order valence-electron chi connectivity index (χ3n) is 9.18. The van der Waals surface area contributed by atoms with Crippen molar-refractivity contribution >= 4 is 54.4 Å². The van der Waals surface area contributed by atoms with Gasteiger partial charge in [0.1, 0.15) is 0 Å². The lowest BCUT2D eigenvalue weighted by Gasteiger charge is -2.14. The summed E-state index contributed by atoms with van der Waals surface area (Å²) >= 11 is 0. The maximum atomic E-state index is 9.81. The summed E-state index contributed by atoms with van der Waals surface area (Å²) in [5.41, 5.74) is 9.16. The summed E-state index contributed by atoms with van der Waals surface area (Å²) in [6, 6.07) is 54.9. The van der Waals surface area contributed by atoms with Crippen molar-refractivity contribution in [1.29, 1.82) is 10.5 Å². The van der Waals surface area contributed by atoms with Crippen LogP contribution in [0.25, 0.3) is 76.9 Å². The number of rotatable bonds is 3. The zero-order chi connectivity index (χ0) is 30.8. The van der Waals surface area contributed by atoms with E-state index >= 15 is 0 Å². The van der Waals surface area contributed by atoms with E-state index in [2.05, 4.69) is 137 Å². The Morgan fingerprint density at radius 3 is 1.54 bits per heavy atom. The predicted octanol–water partition coefficient (Wildman–Crippen LogP) is 10.4. The highest BCUT2D eigenvalue weighted by atomic mass is 15.0. The van der Waals surface area contributed by atoms with Crippen molar-refractivity contribution in [2.45, 2.75) is 0 Å².